The van der Waals surface area contributed by atoms with Gasteiger partial charge in [0.25, 0.3) is 0 Å². The van der Waals surface area contributed by atoms with E-state index >= 15 is 0 Å². The Hall–Kier alpha value is -1.51. The molecular weight excluding hydrogens is 216 g/mol. The summed E-state index contributed by atoms with van der Waals surface area (Å²) in [7, 11) is 1.61. The molecule has 1 N–H and O–H groups in total. The topological polar surface area (TPSA) is 46.5 Å². The molecule has 0 radical (unpaired) electrons. The van der Waals surface area contributed by atoms with Gasteiger partial charge >= 0.3 is 5.97 Å². The lowest BCUT2D eigenvalue weighted by atomic mass is 9.58. The average molecular weight is 234 g/mol. The lowest BCUT2D eigenvalue weighted by Gasteiger charge is -2.44. The van der Waals surface area contributed by atoms with Crippen LogP contribution in [0, 0.1) is 5.92 Å². The number of rotatable bonds is 4. The Bertz CT molecular complexity index is 402. The molecular formula is C14H18O3. The van der Waals surface area contributed by atoms with E-state index in [1.165, 1.54) is 0 Å². The number of hydrogen-bond donors (Lipinski definition) is 1. The highest BCUT2D eigenvalue weighted by Crippen LogP contribution is 2.49. The molecule has 2 rings (SSSR count). The van der Waals surface area contributed by atoms with Crippen LogP contribution in [0.15, 0.2) is 24.3 Å². The Morgan fingerprint density at radius 2 is 2.00 bits per heavy atom. The maximum absolute atomic E-state index is 11.5. The molecule has 0 aromatic heterocycles. The van der Waals surface area contributed by atoms with Gasteiger partial charge in [-0.15, -0.1) is 0 Å². The first-order valence-electron chi connectivity index (χ1n) is 6.00. The van der Waals surface area contributed by atoms with E-state index in [-0.39, 0.29) is 0 Å². The molecule has 1 aromatic rings. The third-order valence-corrected chi connectivity index (χ3v) is 3.90. The van der Waals surface area contributed by atoms with Crippen LogP contribution in [-0.2, 0) is 10.2 Å². The molecule has 1 fully saturated rings. The molecule has 1 saturated carbocycles. The smallest absolute Gasteiger partial charge is 0.314 e. The van der Waals surface area contributed by atoms with Crippen LogP contribution in [0.1, 0.15) is 31.7 Å². The van der Waals surface area contributed by atoms with Crippen molar-refractivity contribution in [2.45, 2.75) is 31.6 Å². The zero-order valence-corrected chi connectivity index (χ0v) is 10.3. The molecule has 3 nitrogen and oxygen atoms in total. The normalized spacial score (nSPS) is 27.3. The Kier molecular flexibility index (Phi) is 3.09. The monoisotopic (exact) mass is 234 g/mol. The van der Waals surface area contributed by atoms with Crippen molar-refractivity contribution in [1.29, 1.82) is 0 Å². The molecule has 17 heavy (non-hydrogen) atoms. The van der Waals surface area contributed by atoms with Crippen LogP contribution in [0.4, 0.5) is 0 Å². The first kappa shape index (κ1) is 12.0. The van der Waals surface area contributed by atoms with Gasteiger partial charge in [0.1, 0.15) is 5.75 Å². The first-order valence-corrected chi connectivity index (χ1v) is 6.00. The molecule has 0 bridgehead atoms. The minimum Gasteiger partial charge on any atom is -0.497 e. The lowest BCUT2D eigenvalue weighted by Crippen LogP contribution is -2.47. The Morgan fingerprint density at radius 3 is 2.41 bits per heavy atom. The van der Waals surface area contributed by atoms with Crippen LogP contribution < -0.4 is 4.74 Å². The summed E-state index contributed by atoms with van der Waals surface area (Å²) < 4.78 is 5.09. The Balaban J connectivity index is 2.25. The summed E-state index contributed by atoms with van der Waals surface area (Å²) in [4.78, 5) is 11.5. The molecule has 0 amide bonds. The zero-order valence-electron chi connectivity index (χ0n) is 10.3. The van der Waals surface area contributed by atoms with E-state index in [1.807, 2.05) is 24.3 Å². The highest BCUT2D eigenvalue weighted by molar-refractivity contribution is 5.82. The van der Waals surface area contributed by atoms with Gasteiger partial charge in [-0.1, -0.05) is 25.5 Å². The van der Waals surface area contributed by atoms with Crippen molar-refractivity contribution >= 4 is 5.97 Å². The van der Waals surface area contributed by atoms with E-state index in [2.05, 4.69) is 6.92 Å². The minimum atomic E-state index is -0.702. The Morgan fingerprint density at radius 1 is 1.41 bits per heavy atom. The second-order valence-corrected chi connectivity index (χ2v) is 4.80. The summed E-state index contributed by atoms with van der Waals surface area (Å²) in [6.45, 7) is 2.12. The summed E-state index contributed by atoms with van der Waals surface area (Å²) in [6.07, 6.45) is 2.57. The molecule has 1 aromatic carbocycles. The van der Waals surface area contributed by atoms with Gasteiger partial charge < -0.3 is 9.84 Å². The van der Waals surface area contributed by atoms with Crippen molar-refractivity contribution in [3.8, 4) is 5.75 Å². The van der Waals surface area contributed by atoms with Crippen LogP contribution >= 0.6 is 0 Å². The van der Waals surface area contributed by atoms with Crippen LogP contribution in [-0.4, -0.2) is 18.2 Å². The molecule has 1 aliphatic rings. The van der Waals surface area contributed by atoms with Crippen molar-refractivity contribution < 1.29 is 14.6 Å². The molecule has 92 valence electrons. The summed E-state index contributed by atoms with van der Waals surface area (Å²) in [5, 5.41) is 9.45. The van der Waals surface area contributed by atoms with Crippen LogP contribution in [0.5, 0.6) is 5.75 Å². The van der Waals surface area contributed by atoms with E-state index < -0.39 is 11.4 Å². The quantitative estimate of drug-likeness (QED) is 0.871. The van der Waals surface area contributed by atoms with Crippen LogP contribution in [0.2, 0.25) is 0 Å². The number of methoxy groups -OCH3 is 1. The highest BCUT2D eigenvalue weighted by atomic mass is 16.5. The van der Waals surface area contributed by atoms with E-state index in [4.69, 9.17) is 4.74 Å². The Labute approximate surface area is 101 Å². The SMILES string of the molecule is CCC1CC(C(=O)O)(c2ccc(OC)cc2)C1. The lowest BCUT2D eigenvalue weighted by molar-refractivity contribution is -0.149. The van der Waals surface area contributed by atoms with Gasteiger partial charge in [-0.25, -0.2) is 0 Å². The zero-order chi connectivity index (χ0) is 12.5. The fourth-order valence-corrected chi connectivity index (χ4v) is 2.66. The molecule has 0 saturated heterocycles. The second-order valence-electron chi connectivity index (χ2n) is 4.80. The highest BCUT2D eigenvalue weighted by Gasteiger charge is 2.50. The van der Waals surface area contributed by atoms with E-state index in [0.29, 0.717) is 5.92 Å². The molecule has 0 atom stereocenters. The van der Waals surface area contributed by atoms with Crippen molar-refractivity contribution in [1.82, 2.24) is 0 Å². The summed E-state index contributed by atoms with van der Waals surface area (Å²) in [5.41, 5.74) is 0.239. The molecule has 0 spiro atoms. The van der Waals surface area contributed by atoms with Crippen molar-refractivity contribution in [2.75, 3.05) is 7.11 Å². The maximum atomic E-state index is 11.5. The summed E-state index contributed by atoms with van der Waals surface area (Å²) in [5.74, 6) is 0.612. The van der Waals surface area contributed by atoms with E-state index in [1.54, 1.807) is 7.11 Å². The number of carbonyl (C=O) groups is 1. The number of hydrogen-bond acceptors (Lipinski definition) is 2. The van der Waals surface area contributed by atoms with Crippen molar-refractivity contribution in [2.24, 2.45) is 5.92 Å². The standard InChI is InChI=1S/C14H18O3/c1-3-10-8-14(9-10,13(15)16)11-4-6-12(17-2)7-5-11/h4-7,10H,3,8-9H2,1-2H3,(H,15,16). The molecule has 0 unspecified atom stereocenters. The number of carboxylic acid groups (broad SMARTS) is 1. The summed E-state index contributed by atoms with van der Waals surface area (Å²) >= 11 is 0. The molecule has 0 aliphatic heterocycles. The fourth-order valence-electron chi connectivity index (χ4n) is 2.66. The number of carboxylic acids is 1. The summed E-state index contributed by atoms with van der Waals surface area (Å²) in [6, 6.07) is 7.41. The van der Waals surface area contributed by atoms with Gasteiger partial charge in [-0.3, -0.25) is 4.79 Å². The van der Waals surface area contributed by atoms with Gasteiger partial charge in [0.05, 0.1) is 12.5 Å². The molecule has 0 heterocycles. The largest absolute Gasteiger partial charge is 0.497 e. The number of ether oxygens (including phenoxy) is 1. The third-order valence-electron chi connectivity index (χ3n) is 3.90. The minimum absolute atomic E-state index is 0.549. The molecule has 1 aliphatic carbocycles. The van der Waals surface area contributed by atoms with Crippen LogP contribution in [0.25, 0.3) is 0 Å². The van der Waals surface area contributed by atoms with Gasteiger partial charge in [0, 0.05) is 0 Å². The van der Waals surface area contributed by atoms with Gasteiger partial charge in [-0.05, 0) is 36.5 Å². The third kappa shape index (κ3) is 1.90. The predicted octanol–water partition coefficient (Wildman–Crippen LogP) is 2.84. The van der Waals surface area contributed by atoms with Gasteiger partial charge in [0.15, 0.2) is 0 Å². The van der Waals surface area contributed by atoms with Gasteiger partial charge in [-0.2, -0.15) is 0 Å². The van der Waals surface area contributed by atoms with Gasteiger partial charge in [0.2, 0.25) is 0 Å². The maximum Gasteiger partial charge on any atom is 0.314 e. The fraction of sp³-hybridized carbons (Fsp3) is 0.500. The average Bonchev–Trinajstić information content (AvgIpc) is 2.28. The number of aliphatic carboxylic acids is 1. The van der Waals surface area contributed by atoms with E-state index in [0.717, 1.165) is 30.6 Å². The second kappa shape index (κ2) is 4.40. The predicted molar refractivity (Wildman–Crippen MR) is 65.3 cm³/mol. The first-order chi connectivity index (χ1) is 8.12. The van der Waals surface area contributed by atoms with Crippen molar-refractivity contribution in [3.05, 3.63) is 29.8 Å². The number of benzene rings is 1. The molecule has 3 heteroatoms. The van der Waals surface area contributed by atoms with E-state index in [9.17, 15) is 9.90 Å². The van der Waals surface area contributed by atoms with Crippen LogP contribution in [0.3, 0.4) is 0 Å². The van der Waals surface area contributed by atoms with Crippen molar-refractivity contribution in [3.63, 3.8) is 0 Å².